The summed E-state index contributed by atoms with van der Waals surface area (Å²) in [6.07, 6.45) is 1.75. The molecule has 0 unspecified atom stereocenters. The Labute approximate surface area is 177 Å². The molecule has 4 rings (SSSR count). The highest BCUT2D eigenvalue weighted by Crippen LogP contribution is 2.31. The third-order valence-electron chi connectivity index (χ3n) is 4.52. The van der Waals surface area contributed by atoms with E-state index in [9.17, 15) is 9.59 Å². The fourth-order valence-electron chi connectivity index (χ4n) is 3.08. The smallest absolute Gasteiger partial charge is 0.266 e. The molecule has 6 heteroatoms. The molecule has 0 saturated carbocycles. The van der Waals surface area contributed by atoms with Crippen molar-refractivity contribution in [2.75, 3.05) is 0 Å². The van der Waals surface area contributed by atoms with Crippen molar-refractivity contribution in [3.8, 4) is 0 Å². The van der Waals surface area contributed by atoms with E-state index in [1.54, 1.807) is 48.5 Å². The van der Waals surface area contributed by atoms with Crippen LogP contribution < -0.4 is 0 Å². The zero-order chi connectivity index (χ0) is 20.4. The van der Waals surface area contributed by atoms with Crippen LogP contribution in [0, 0.1) is 0 Å². The zero-order valence-electron chi connectivity index (χ0n) is 15.1. The summed E-state index contributed by atoms with van der Waals surface area (Å²) in [5, 5.41) is 1.68. The Bertz CT molecular complexity index is 1130. The Morgan fingerprint density at radius 3 is 2.24 bits per heavy atom. The van der Waals surface area contributed by atoms with E-state index in [0.29, 0.717) is 32.3 Å². The molecule has 3 aromatic carbocycles. The number of rotatable bonds is 4. The summed E-state index contributed by atoms with van der Waals surface area (Å²) in [7, 11) is 0. The highest BCUT2D eigenvalue weighted by Gasteiger charge is 2.36. The Morgan fingerprint density at radius 1 is 0.828 bits per heavy atom. The number of hydrogen-bond acceptors (Lipinski definition) is 3. The quantitative estimate of drug-likeness (QED) is 0.402. The summed E-state index contributed by atoms with van der Waals surface area (Å²) in [5.74, 6) is -1.04. The number of amides is 2. The van der Waals surface area contributed by atoms with Gasteiger partial charge in [-0.05, 0) is 35.4 Å². The number of halogens is 2. The van der Waals surface area contributed by atoms with Gasteiger partial charge in [0.05, 0.1) is 11.1 Å². The minimum absolute atomic E-state index is 0.0474. The van der Waals surface area contributed by atoms with Gasteiger partial charge in [-0.2, -0.15) is 0 Å². The average molecular weight is 424 g/mol. The van der Waals surface area contributed by atoms with Gasteiger partial charge in [-0.1, -0.05) is 77.8 Å². The van der Waals surface area contributed by atoms with E-state index < -0.39 is 11.8 Å². The number of carbonyl (C=O) groups excluding carboxylic acids is 2. The molecule has 1 aliphatic heterocycles. The summed E-state index contributed by atoms with van der Waals surface area (Å²) < 4.78 is 0. The number of carbonyl (C=O) groups is 2. The van der Waals surface area contributed by atoms with E-state index in [0.717, 1.165) is 10.6 Å². The van der Waals surface area contributed by atoms with Gasteiger partial charge in [0.15, 0.2) is 0 Å². The molecule has 0 spiro atoms. The Kier molecular flexibility index (Phi) is 5.49. The lowest BCUT2D eigenvalue weighted by atomic mass is 9.93. The molecule has 0 aliphatic carbocycles. The van der Waals surface area contributed by atoms with E-state index in [1.165, 1.54) is 0 Å². The van der Waals surface area contributed by atoms with E-state index in [4.69, 9.17) is 28.0 Å². The van der Waals surface area contributed by atoms with Crippen LogP contribution >= 0.6 is 23.2 Å². The molecule has 0 radical (unpaired) electrons. The zero-order valence-corrected chi connectivity index (χ0v) is 16.7. The average Bonchev–Trinajstić information content (AvgIpc) is 2.73. The van der Waals surface area contributed by atoms with Gasteiger partial charge in [-0.15, -0.1) is 5.06 Å². The molecule has 4 nitrogen and oxygen atoms in total. The second kappa shape index (κ2) is 8.21. The molecule has 0 saturated heterocycles. The van der Waals surface area contributed by atoms with Crippen molar-refractivity contribution in [3.05, 3.63) is 105 Å². The maximum Gasteiger partial charge on any atom is 0.285 e. The van der Waals surface area contributed by atoms with Gasteiger partial charge in [-0.25, -0.2) is 0 Å². The summed E-state index contributed by atoms with van der Waals surface area (Å²) in [5.41, 5.74) is 2.82. The van der Waals surface area contributed by atoms with Gasteiger partial charge in [0.1, 0.15) is 6.61 Å². The lowest BCUT2D eigenvalue weighted by molar-refractivity contribution is -0.167. The highest BCUT2D eigenvalue weighted by atomic mass is 35.5. The maximum absolute atomic E-state index is 13.1. The normalized spacial score (nSPS) is 15.0. The van der Waals surface area contributed by atoms with Gasteiger partial charge in [0.2, 0.25) is 0 Å². The first-order valence-electron chi connectivity index (χ1n) is 8.86. The number of fused-ring (bicyclic) bond motifs is 1. The van der Waals surface area contributed by atoms with Crippen LogP contribution in [-0.4, -0.2) is 16.9 Å². The lowest BCUT2D eigenvalue weighted by Crippen LogP contribution is -2.41. The van der Waals surface area contributed by atoms with Crippen LogP contribution in [-0.2, 0) is 16.2 Å². The van der Waals surface area contributed by atoms with Crippen molar-refractivity contribution in [3.63, 3.8) is 0 Å². The van der Waals surface area contributed by atoms with Crippen LogP contribution in [0.5, 0.6) is 0 Å². The van der Waals surface area contributed by atoms with E-state index in [1.807, 2.05) is 30.3 Å². The molecule has 2 amide bonds. The first-order valence-corrected chi connectivity index (χ1v) is 9.62. The molecule has 0 atom stereocenters. The van der Waals surface area contributed by atoms with Crippen molar-refractivity contribution in [1.82, 2.24) is 5.06 Å². The third-order valence-corrected chi connectivity index (χ3v) is 5.11. The van der Waals surface area contributed by atoms with Crippen molar-refractivity contribution >= 4 is 46.7 Å². The molecule has 0 bridgehead atoms. The fraction of sp³-hybridized carbons (Fsp3) is 0.0435. The number of hydroxylamine groups is 2. The van der Waals surface area contributed by atoms with Crippen LogP contribution in [0.25, 0.3) is 11.6 Å². The van der Waals surface area contributed by atoms with E-state index >= 15 is 0 Å². The predicted molar refractivity (Wildman–Crippen MR) is 113 cm³/mol. The van der Waals surface area contributed by atoms with Crippen LogP contribution in [0.2, 0.25) is 10.0 Å². The number of hydrogen-bond donors (Lipinski definition) is 0. The van der Waals surface area contributed by atoms with Crippen molar-refractivity contribution in [2.24, 2.45) is 0 Å². The molecule has 1 aliphatic rings. The standard InChI is InChI=1S/C23H15Cl2NO3/c24-17-11-10-16(21(25)13-17)14-29-26-22(27)19-9-5-4-8-18(19)20(23(26)28)12-15-6-2-1-3-7-15/h1-13H,14H2/b20-12+. The molecule has 3 aromatic rings. The maximum atomic E-state index is 13.1. The van der Waals surface area contributed by atoms with Gasteiger partial charge in [0.25, 0.3) is 11.8 Å². The third kappa shape index (κ3) is 3.96. The van der Waals surface area contributed by atoms with Crippen LogP contribution in [0.4, 0.5) is 0 Å². The van der Waals surface area contributed by atoms with Gasteiger partial charge in [0, 0.05) is 15.6 Å². The fourth-order valence-corrected chi connectivity index (χ4v) is 3.54. The molecular weight excluding hydrogens is 409 g/mol. The molecule has 29 heavy (non-hydrogen) atoms. The van der Waals surface area contributed by atoms with E-state index in [2.05, 4.69) is 0 Å². The predicted octanol–water partition coefficient (Wildman–Crippen LogP) is 5.65. The van der Waals surface area contributed by atoms with Crippen molar-refractivity contribution in [1.29, 1.82) is 0 Å². The SMILES string of the molecule is O=C1/C(=C/c2ccccc2)c2ccccc2C(=O)N1OCc1ccc(Cl)cc1Cl. The molecule has 0 N–H and O–H groups in total. The number of imide groups is 1. The Morgan fingerprint density at radius 2 is 1.52 bits per heavy atom. The van der Waals surface area contributed by atoms with Gasteiger partial charge >= 0.3 is 0 Å². The van der Waals surface area contributed by atoms with Gasteiger partial charge < -0.3 is 0 Å². The minimum atomic E-state index is -0.525. The molecule has 0 aromatic heterocycles. The van der Waals surface area contributed by atoms with Crippen molar-refractivity contribution in [2.45, 2.75) is 6.61 Å². The Hall–Kier alpha value is -2.92. The summed E-state index contributed by atoms with van der Waals surface area (Å²) in [4.78, 5) is 31.6. The lowest BCUT2D eigenvalue weighted by Gasteiger charge is -2.27. The summed E-state index contributed by atoms with van der Waals surface area (Å²) in [6.45, 7) is -0.0474. The molecule has 1 heterocycles. The molecule has 0 fully saturated rings. The number of benzene rings is 3. The first kappa shape index (κ1) is 19.4. The van der Waals surface area contributed by atoms with Crippen LogP contribution in [0.1, 0.15) is 27.0 Å². The Balaban J connectivity index is 1.69. The van der Waals surface area contributed by atoms with Crippen molar-refractivity contribution < 1.29 is 14.4 Å². The van der Waals surface area contributed by atoms with Crippen LogP contribution in [0.15, 0.2) is 72.8 Å². The topological polar surface area (TPSA) is 46.6 Å². The van der Waals surface area contributed by atoms with Gasteiger partial charge in [-0.3, -0.25) is 14.4 Å². The highest BCUT2D eigenvalue weighted by molar-refractivity contribution is 6.35. The molecular formula is C23H15Cl2NO3. The number of nitrogens with zero attached hydrogens (tertiary/aromatic N) is 1. The van der Waals surface area contributed by atoms with E-state index in [-0.39, 0.29) is 6.61 Å². The first-order chi connectivity index (χ1) is 14.0. The monoisotopic (exact) mass is 423 g/mol. The molecule has 144 valence electrons. The summed E-state index contributed by atoms with van der Waals surface area (Å²) >= 11 is 12.1. The second-order valence-electron chi connectivity index (χ2n) is 6.43. The largest absolute Gasteiger partial charge is 0.285 e. The van der Waals surface area contributed by atoms with Crippen LogP contribution in [0.3, 0.4) is 0 Å². The second-order valence-corrected chi connectivity index (χ2v) is 7.27. The summed E-state index contributed by atoms with van der Waals surface area (Å²) in [6, 6.07) is 21.4. The minimum Gasteiger partial charge on any atom is -0.266 e.